The standard InChI is InChI=1S/C8H14N2O3/c1-4(9)7(11)10-6(8(12)13)5-2-3-5/h4-6H,2-3,9H2,1H3,(H,10,11)(H,12,13)/t4-,6?/m0/s1. The topological polar surface area (TPSA) is 92.4 Å². The van der Waals surface area contributed by atoms with Crippen LogP contribution in [0.4, 0.5) is 0 Å². The lowest BCUT2D eigenvalue weighted by molar-refractivity contribution is -0.142. The van der Waals surface area contributed by atoms with E-state index < -0.39 is 24.0 Å². The largest absolute Gasteiger partial charge is 0.480 e. The molecule has 5 heteroatoms. The first kappa shape index (κ1) is 9.98. The molecule has 0 saturated heterocycles. The quantitative estimate of drug-likeness (QED) is 0.542. The lowest BCUT2D eigenvalue weighted by atomic mass is 10.2. The van der Waals surface area contributed by atoms with Crippen molar-refractivity contribution in [1.82, 2.24) is 5.32 Å². The van der Waals surface area contributed by atoms with Crippen LogP contribution in [0.3, 0.4) is 0 Å². The maximum Gasteiger partial charge on any atom is 0.326 e. The molecule has 1 fully saturated rings. The first-order valence-corrected chi connectivity index (χ1v) is 4.31. The molecule has 0 aromatic heterocycles. The van der Waals surface area contributed by atoms with Gasteiger partial charge in [0.2, 0.25) is 5.91 Å². The van der Waals surface area contributed by atoms with Gasteiger partial charge in [-0.05, 0) is 25.7 Å². The van der Waals surface area contributed by atoms with Gasteiger partial charge in [0.25, 0.3) is 0 Å². The first-order chi connectivity index (χ1) is 6.02. The summed E-state index contributed by atoms with van der Waals surface area (Å²) in [6, 6.07) is -1.40. The van der Waals surface area contributed by atoms with Crippen LogP contribution in [-0.2, 0) is 9.59 Å². The summed E-state index contributed by atoms with van der Waals surface area (Å²) in [5.74, 6) is -1.28. The average Bonchev–Trinajstić information content (AvgIpc) is 2.81. The van der Waals surface area contributed by atoms with Gasteiger partial charge in [0.1, 0.15) is 6.04 Å². The van der Waals surface area contributed by atoms with Crippen LogP contribution in [0.1, 0.15) is 19.8 Å². The Morgan fingerprint density at radius 1 is 1.54 bits per heavy atom. The van der Waals surface area contributed by atoms with E-state index in [1.165, 1.54) is 6.92 Å². The molecular formula is C8H14N2O3. The van der Waals surface area contributed by atoms with Gasteiger partial charge in [-0.1, -0.05) is 0 Å². The lowest BCUT2D eigenvalue weighted by Crippen LogP contribution is -2.48. The van der Waals surface area contributed by atoms with Crippen molar-refractivity contribution < 1.29 is 14.7 Å². The Kier molecular flexibility index (Phi) is 2.87. The summed E-state index contributed by atoms with van der Waals surface area (Å²) in [7, 11) is 0. The second-order valence-electron chi connectivity index (χ2n) is 3.45. The van der Waals surface area contributed by atoms with Gasteiger partial charge in [-0.2, -0.15) is 0 Å². The normalized spacial score (nSPS) is 20.5. The van der Waals surface area contributed by atoms with Gasteiger partial charge in [-0.25, -0.2) is 4.79 Å². The summed E-state index contributed by atoms with van der Waals surface area (Å²) in [6.07, 6.45) is 1.74. The molecule has 0 aromatic carbocycles. The molecule has 0 heterocycles. The Hall–Kier alpha value is -1.10. The summed E-state index contributed by atoms with van der Waals surface area (Å²) in [5, 5.41) is 11.2. The van der Waals surface area contributed by atoms with Crippen LogP contribution >= 0.6 is 0 Å². The monoisotopic (exact) mass is 186 g/mol. The first-order valence-electron chi connectivity index (χ1n) is 4.31. The number of nitrogens with one attached hydrogen (secondary N) is 1. The Morgan fingerprint density at radius 3 is 2.38 bits per heavy atom. The molecule has 0 spiro atoms. The number of carbonyl (C=O) groups excluding carboxylic acids is 1. The summed E-state index contributed by atoms with van der Waals surface area (Å²) in [4.78, 5) is 21.8. The number of hydrogen-bond acceptors (Lipinski definition) is 3. The summed E-state index contributed by atoms with van der Waals surface area (Å²) >= 11 is 0. The fraction of sp³-hybridized carbons (Fsp3) is 0.750. The van der Waals surface area contributed by atoms with E-state index in [9.17, 15) is 9.59 Å². The molecular weight excluding hydrogens is 172 g/mol. The van der Waals surface area contributed by atoms with E-state index in [0.29, 0.717) is 0 Å². The second kappa shape index (κ2) is 3.74. The number of carboxylic acids is 1. The van der Waals surface area contributed by atoms with Crippen molar-refractivity contribution in [3.63, 3.8) is 0 Å². The van der Waals surface area contributed by atoms with Crippen LogP contribution in [0, 0.1) is 5.92 Å². The van der Waals surface area contributed by atoms with E-state index in [0.717, 1.165) is 12.8 Å². The summed E-state index contributed by atoms with van der Waals surface area (Å²) in [6.45, 7) is 1.53. The molecule has 0 aliphatic heterocycles. The highest BCUT2D eigenvalue weighted by molar-refractivity contribution is 5.86. The maximum atomic E-state index is 11.1. The predicted octanol–water partition coefficient (Wildman–Crippen LogP) is -0.687. The Bertz CT molecular complexity index is 223. The van der Waals surface area contributed by atoms with Crippen molar-refractivity contribution in [3.05, 3.63) is 0 Å². The van der Waals surface area contributed by atoms with Crippen molar-refractivity contribution in [3.8, 4) is 0 Å². The van der Waals surface area contributed by atoms with E-state index in [-0.39, 0.29) is 5.92 Å². The third kappa shape index (κ3) is 2.69. The van der Waals surface area contributed by atoms with Crippen molar-refractivity contribution in [1.29, 1.82) is 0 Å². The zero-order valence-corrected chi connectivity index (χ0v) is 7.49. The number of nitrogens with two attached hydrogens (primary N) is 1. The highest BCUT2D eigenvalue weighted by Gasteiger charge is 2.37. The number of aliphatic carboxylic acids is 1. The van der Waals surface area contributed by atoms with Gasteiger partial charge >= 0.3 is 5.97 Å². The molecule has 0 radical (unpaired) electrons. The van der Waals surface area contributed by atoms with E-state index in [2.05, 4.69) is 5.32 Å². The van der Waals surface area contributed by atoms with Crippen LogP contribution in [-0.4, -0.2) is 29.1 Å². The molecule has 4 N–H and O–H groups in total. The zero-order valence-electron chi connectivity index (χ0n) is 7.49. The lowest BCUT2D eigenvalue weighted by Gasteiger charge is -2.14. The summed E-state index contributed by atoms with van der Waals surface area (Å²) in [5.41, 5.74) is 5.30. The van der Waals surface area contributed by atoms with Gasteiger partial charge in [0.05, 0.1) is 6.04 Å². The minimum absolute atomic E-state index is 0.0974. The molecule has 2 atom stereocenters. The number of rotatable bonds is 4. The van der Waals surface area contributed by atoms with Crippen molar-refractivity contribution in [2.45, 2.75) is 31.8 Å². The molecule has 1 saturated carbocycles. The highest BCUT2D eigenvalue weighted by atomic mass is 16.4. The Labute approximate surface area is 76.3 Å². The molecule has 13 heavy (non-hydrogen) atoms. The minimum atomic E-state index is -0.975. The van der Waals surface area contributed by atoms with Gasteiger partial charge in [0, 0.05) is 0 Å². The van der Waals surface area contributed by atoms with Crippen LogP contribution in [0.5, 0.6) is 0 Å². The van der Waals surface area contributed by atoms with Gasteiger partial charge in [0.15, 0.2) is 0 Å². The Balaban J connectivity index is 2.47. The highest BCUT2D eigenvalue weighted by Crippen LogP contribution is 2.32. The van der Waals surface area contributed by atoms with Gasteiger partial charge < -0.3 is 16.2 Å². The number of carbonyl (C=O) groups is 2. The third-order valence-electron chi connectivity index (χ3n) is 2.07. The predicted molar refractivity (Wildman–Crippen MR) is 45.9 cm³/mol. The van der Waals surface area contributed by atoms with E-state index in [1.54, 1.807) is 0 Å². The molecule has 0 bridgehead atoms. The molecule has 5 nitrogen and oxygen atoms in total. The minimum Gasteiger partial charge on any atom is -0.480 e. The number of amides is 1. The van der Waals surface area contributed by atoms with Crippen LogP contribution in [0.25, 0.3) is 0 Å². The zero-order chi connectivity index (χ0) is 10.0. The van der Waals surface area contributed by atoms with Crippen molar-refractivity contribution >= 4 is 11.9 Å². The van der Waals surface area contributed by atoms with Gasteiger partial charge in [-0.15, -0.1) is 0 Å². The molecule has 1 unspecified atom stereocenters. The molecule has 1 aliphatic carbocycles. The smallest absolute Gasteiger partial charge is 0.326 e. The third-order valence-corrected chi connectivity index (χ3v) is 2.07. The van der Waals surface area contributed by atoms with Crippen LogP contribution in [0.15, 0.2) is 0 Å². The van der Waals surface area contributed by atoms with Crippen LogP contribution < -0.4 is 11.1 Å². The summed E-state index contributed by atoms with van der Waals surface area (Å²) < 4.78 is 0. The fourth-order valence-electron chi connectivity index (χ4n) is 1.10. The van der Waals surface area contributed by atoms with Gasteiger partial charge in [-0.3, -0.25) is 4.79 Å². The average molecular weight is 186 g/mol. The molecule has 0 aromatic rings. The SMILES string of the molecule is C[C@H](N)C(=O)NC(C(=O)O)C1CC1. The van der Waals surface area contributed by atoms with Crippen LogP contribution in [0.2, 0.25) is 0 Å². The van der Waals surface area contributed by atoms with E-state index in [1.807, 2.05) is 0 Å². The molecule has 1 amide bonds. The van der Waals surface area contributed by atoms with E-state index in [4.69, 9.17) is 10.8 Å². The Morgan fingerprint density at radius 2 is 2.08 bits per heavy atom. The molecule has 74 valence electrons. The van der Waals surface area contributed by atoms with E-state index >= 15 is 0 Å². The molecule has 1 aliphatic rings. The number of carboxylic acid groups (broad SMARTS) is 1. The van der Waals surface area contributed by atoms with Crippen molar-refractivity contribution in [2.75, 3.05) is 0 Å². The number of hydrogen-bond donors (Lipinski definition) is 3. The molecule has 1 rings (SSSR count). The fourth-order valence-corrected chi connectivity index (χ4v) is 1.10. The second-order valence-corrected chi connectivity index (χ2v) is 3.45. The van der Waals surface area contributed by atoms with Crippen molar-refractivity contribution in [2.24, 2.45) is 11.7 Å². The maximum absolute atomic E-state index is 11.1.